The predicted octanol–water partition coefficient (Wildman–Crippen LogP) is 1.22. The number of aryl methyl sites for hydroxylation is 1. The topological polar surface area (TPSA) is 69.4 Å². The summed E-state index contributed by atoms with van der Waals surface area (Å²) in [5, 5.41) is 9.56. The number of rotatable bonds is 4. The fraction of sp³-hybridized carbons (Fsp3) is 0.333. The van der Waals surface area contributed by atoms with Crippen LogP contribution in [0.3, 0.4) is 0 Å². The molecule has 0 aromatic carbocycles. The first-order valence-corrected chi connectivity index (χ1v) is 5.42. The Bertz CT molecular complexity index is 539. The smallest absolute Gasteiger partial charge is 0.238 e. The largest absolute Gasteiger partial charge is 0.479 e. The Morgan fingerprint density at radius 3 is 2.67 bits per heavy atom. The van der Waals surface area contributed by atoms with Crippen LogP contribution in [0, 0.1) is 6.92 Å². The summed E-state index contributed by atoms with van der Waals surface area (Å²) < 4.78 is 11.8. The van der Waals surface area contributed by atoms with Gasteiger partial charge < -0.3 is 19.1 Å². The second-order valence-corrected chi connectivity index (χ2v) is 3.77. The second kappa shape index (κ2) is 5.16. The third kappa shape index (κ3) is 2.34. The number of aliphatic hydroxyl groups excluding tert-OH is 1. The molecular weight excluding hydrogens is 234 g/mol. The summed E-state index contributed by atoms with van der Waals surface area (Å²) in [5.41, 5.74) is 2.05. The van der Waals surface area contributed by atoms with Crippen molar-refractivity contribution in [3.63, 3.8) is 0 Å². The molecule has 1 unspecified atom stereocenters. The van der Waals surface area contributed by atoms with Crippen LogP contribution in [0.2, 0.25) is 0 Å². The molecule has 6 nitrogen and oxygen atoms in total. The van der Waals surface area contributed by atoms with E-state index in [9.17, 15) is 5.11 Å². The van der Waals surface area contributed by atoms with Crippen molar-refractivity contribution >= 4 is 0 Å². The zero-order valence-corrected chi connectivity index (χ0v) is 10.5. The average molecular weight is 249 g/mol. The third-order valence-corrected chi connectivity index (χ3v) is 2.52. The molecule has 0 fully saturated rings. The maximum absolute atomic E-state index is 9.56. The molecule has 0 aliphatic rings. The average Bonchev–Trinajstić information content (AvgIpc) is 2.83. The Balaban J connectivity index is 2.43. The van der Waals surface area contributed by atoms with E-state index < -0.39 is 6.29 Å². The van der Waals surface area contributed by atoms with E-state index in [1.165, 1.54) is 14.2 Å². The maximum atomic E-state index is 9.56. The zero-order chi connectivity index (χ0) is 13.1. The molecule has 0 amide bonds. The Kier molecular flexibility index (Phi) is 3.59. The van der Waals surface area contributed by atoms with E-state index in [2.05, 4.69) is 9.97 Å². The molecule has 96 valence electrons. The fourth-order valence-corrected chi connectivity index (χ4v) is 1.61. The van der Waals surface area contributed by atoms with Gasteiger partial charge >= 0.3 is 0 Å². The molecule has 2 aromatic rings. The van der Waals surface area contributed by atoms with Gasteiger partial charge in [-0.2, -0.15) is 0 Å². The van der Waals surface area contributed by atoms with E-state index in [-0.39, 0.29) is 0 Å². The number of pyridine rings is 1. The van der Waals surface area contributed by atoms with Crippen LogP contribution in [-0.2, 0) is 4.74 Å². The molecule has 0 spiro atoms. The van der Waals surface area contributed by atoms with Crippen LogP contribution in [0.15, 0.2) is 24.7 Å². The van der Waals surface area contributed by atoms with Crippen LogP contribution < -0.4 is 4.74 Å². The van der Waals surface area contributed by atoms with Gasteiger partial charge in [0.2, 0.25) is 5.88 Å². The van der Waals surface area contributed by atoms with Crippen molar-refractivity contribution < 1.29 is 14.6 Å². The Hall–Kier alpha value is -1.92. The van der Waals surface area contributed by atoms with Crippen molar-refractivity contribution in [1.29, 1.82) is 0 Å². The summed E-state index contributed by atoms with van der Waals surface area (Å²) in [6.45, 7) is 1.90. The number of aliphatic hydroxyl groups is 1. The highest BCUT2D eigenvalue weighted by Crippen LogP contribution is 2.23. The minimum Gasteiger partial charge on any atom is -0.479 e. The normalized spacial score (nSPS) is 12.4. The van der Waals surface area contributed by atoms with Crippen LogP contribution in [0.4, 0.5) is 0 Å². The third-order valence-electron chi connectivity index (χ3n) is 2.52. The SMILES string of the molecule is COc1nc(C(O)OC)ccc1-n1cnc(C)c1. The molecule has 1 N–H and O–H groups in total. The monoisotopic (exact) mass is 249 g/mol. The Morgan fingerprint density at radius 2 is 2.11 bits per heavy atom. The molecule has 0 aliphatic heterocycles. The van der Waals surface area contributed by atoms with E-state index in [0.717, 1.165) is 11.4 Å². The van der Waals surface area contributed by atoms with Gasteiger partial charge in [-0.05, 0) is 19.1 Å². The number of aromatic nitrogens is 3. The molecule has 6 heteroatoms. The second-order valence-electron chi connectivity index (χ2n) is 3.77. The van der Waals surface area contributed by atoms with Gasteiger partial charge in [-0.1, -0.05) is 0 Å². The molecule has 0 aliphatic carbocycles. The molecule has 18 heavy (non-hydrogen) atoms. The predicted molar refractivity (Wildman–Crippen MR) is 64.6 cm³/mol. The quantitative estimate of drug-likeness (QED) is 0.825. The summed E-state index contributed by atoms with van der Waals surface area (Å²) in [6.07, 6.45) is 2.49. The van der Waals surface area contributed by atoms with Gasteiger partial charge in [0.15, 0.2) is 6.29 Å². The van der Waals surface area contributed by atoms with Crippen LogP contribution >= 0.6 is 0 Å². The lowest BCUT2D eigenvalue weighted by Gasteiger charge is -2.12. The van der Waals surface area contributed by atoms with Gasteiger partial charge in [-0.25, -0.2) is 9.97 Å². The highest BCUT2D eigenvalue weighted by atomic mass is 16.6. The number of nitrogens with zero attached hydrogens (tertiary/aromatic N) is 3. The van der Waals surface area contributed by atoms with Gasteiger partial charge in [-0.3, -0.25) is 0 Å². The van der Waals surface area contributed by atoms with Crippen molar-refractivity contribution in [2.45, 2.75) is 13.2 Å². The fourth-order valence-electron chi connectivity index (χ4n) is 1.61. The molecule has 0 bridgehead atoms. The molecule has 0 saturated heterocycles. The summed E-state index contributed by atoms with van der Waals surface area (Å²) in [5.74, 6) is 0.404. The molecule has 0 saturated carbocycles. The standard InChI is InChI=1S/C12H15N3O3/c1-8-6-15(7-13-8)10-5-4-9(12(16)18-3)14-11(10)17-2/h4-7,12,16H,1-3H3. The summed E-state index contributed by atoms with van der Waals surface area (Å²) in [6, 6.07) is 3.48. The van der Waals surface area contributed by atoms with Gasteiger partial charge in [0.1, 0.15) is 11.4 Å². The lowest BCUT2D eigenvalue weighted by molar-refractivity contribution is -0.0800. The lowest BCUT2D eigenvalue weighted by atomic mass is 10.3. The van der Waals surface area contributed by atoms with Crippen molar-refractivity contribution in [1.82, 2.24) is 14.5 Å². The molecule has 2 rings (SSSR count). The maximum Gasteiger partial charge on any atom is 0.238 e. The number of hydrogen-bond acceptors (Lipinski definition) is 5. The van der Waals surface area contributed by atoms with Crippen molar-refractivity contribution in [2.75, 3.05) is 14.2 Å². The van der Waals surface area contributed by atoms with E-state index in [0.29, 0.717) is 11.6 Å². The lowest BCUT2D eigenvalue weighted by Crippen LogP contribution is -2.06. The molecule has 0 radical (unpaired) electrons. The number of imidazole rings is 1. The summed E-state index contributed by atoms with van der Waals surface area (Å²) in [4.78, 5) is 8.35. The van der Waals surface area contributed by atoms with Crippen molar-refractivity contribution in [3.05, 3.63) is 36.0 Å². The Morgan fingerprint density at radius 1 is 1.33 bits per heavy atom. The van der Waals surface area contributed by atoms with Crippen molar-refractivity contribution in [3.8, 4) is 11.6 Å². The summed E-state index contributed by atoms with van der Waals surface area (Å²) >= 11 is 0. The minimum atomic E-state index is -1.06. The van der Waals surface area contributed by atoms with E-state index in [4.69, 9.17) is 9.47 Å². The number of ether oxygens (including phenoxy) is 2. The Labute approximate surface area is 105 Å². The molecule has 2 heterocycles. The van der Waals surface area contributed by atoms with E-state index in [1.54, 1.807) is 18.5 Å². The first kappa shape index (κ1) is 12.5. The number of methoxy groups -OCH3 is 2. The highest BCUT2D eigenvalue weighted by molar-refractivity contribution is 5.43. The molecule has 1 atom stereocenters. The number of hydrogen-bond donors (Lipinski definition) is 1. The van der Waals surface area contributed by atoms with Crippen LogP contribution in [-0.4, -0.2) is 33.9 Å². The van der Waals surface area contributed by atoms with E-state index >= 15 is 0 Å². The summed E-state index contributed by atoms with van der Waals surface area (Å²) in [7, 11) is 2.94. The van der Waals surface area contributed by atoms with Gasteiger partial charge in [0.05, 0.1) is 19.1 Å². The van der Waals surface area contributed by atoms with Gasteiger partial charge in [-0.15, -0.1) is 0 Å². The molecular formula is C12H15N3O3. The van der Waals surface area contributed by atoms with Crippen LogP contribution in [0.1, 0.15) is 17.7 Å². The zero-order valence-electron chi connectivity index (χ0n) is 10.5. The molecule has 2 aromatic heterocycles. The first-order valence-electron chi connectivity index (χ1n) is 5.42. The van der Waals surface area contributed by atoms with Crippen LogP contribution in [0.25, 0.3) is 5.69 Å². The van der Waals surface area contributed by atoms with Crippen molar-refractivity contribution in [2.24, 2.45) is 0 Å². The van der Waals surface area contributed by atoms with E-state index in [1.807, 2.05) is 17.7 Å². The van der Waals surface area contributed by atoms with Gasteiger partial charge in [0.25, 0.3) is 0 Å². The highest BCUT2D eigenvalue weighted by Gasteiger charge is 2.13. The van der Waals surface area contributed by atoms with Crippen LogP contribution in [0.5, 0.6) is 5.88 Å². The first-order chi connectivity index (χ1) is 8.65. The minimum absolute atomic E-state index is 0.398. The van der Waals surface area contributed by atoms with Gasteiger partial charge in [0, 0.05) is 13.3 Å².